The third-order valence-corrected chi connectivity index (χ3v) is 12.0. The molecule has 4 aromatic heterocycles. The topological polar surface area (TPSA) is 258 Å². The average Bonchev–Trinajstić information content (AvgIpc) is 4.01. The smallest absolute Gasteiger partial charge is 0.270 e. The fourth-order valence-corrected chi connectivity index (χ4v) is 8.21. The molecule has 2 fully saturated rings. The molecule has 6 aromatic rings. The van der Waals surface area contributed by atoms with Crippen molar-refractivity contribution in [1.29, 1.82) is 0 Å². The minimum atomic E-state index is -0.483. The van der Waals surface area contributed by atoms with E-state index in [1.165, 1.54) is 52.9 Å². The Labute approximate surface area is 396 Å². The Balaban J connectivity index is 0.000000221. The monoisotopic (exact) mass is 956 g/mol. The number of amides is 5. The van der Waals surface area contributed by atoms with Crippen LogP contribution in [-0.2, 0) is 17.9 Å². The van der Waals surface area contributed by atoms with Gasteiger partial charge < -0.3 is 32.3 Å². The zero-order valence-corrected chi connectivity index (χ0v) is 38.7. The summed E-state index contributed by atoms with van der Waals surface area (Å²) >= 11 is 0. The van der Waals surface area contributed by atoms with Crippen molar-refractivity contribution in [3.63, 3.8) is 0 Å². The van der Waals surface area contributed by atoms with E-state index >= 15 is 0 Å². The van der Waals surface area contributed by atoms with Crippen LogP contribution in [-0.4, -0.2) is 93.9 Å². The van der Waals surface area contributed by atoms with Gasteiger partial charge in [0.05, 0.1) is 0 Å². The predicted octanol–water partition coefficient (Wildman–Crippen LogP) is 4.10. The summed E-state index contributed by atoms with van der Waals surface area (Å²) in [6, 6.07) is 12.5. The minimum Gasteiger partial charge on any atom is -0.354 e. The first-order valence-electron chi connectivity index (χ1n) is 22.3. The molecule has 5 amide bonds. The van der Waals surface area contributed by atoms with Gasteiger partial charge in [-0.25, -0.2) is 18.7 Å². The molecular weight excluding hydrogens is 902 g/mol. The van der Waals surface area contributed by atoms with Gasteiger partial charge in [0.15, 0.2) is 0 Å². The Morgan fingerprint density at radius 3 is 1.46 bits per heavy atom. The highest BCUT2D eigenvalue weighted by Crippen LogP contribution is 2.24. The number of fused-ring (bicyclic) bond motifs is 2. The van der Waals surface area contributed by atoms with Crippen molar-refractivity contribution in [3.05, 3.63) is 118 Å². The molecule has 0 unspecified atom stereocenters. The van der Waals surface area contributed by atoms with Crippen LogP contribution in [0.25, 0.3) is 11.6 Å². The van der Waals surface area contributed by atoms with Gasteiger partial charge in [-0.1, -0.05) is 24.3 Å². The van der Waals surface area contributed by atoms with Crippen molar-refractivity contribution < 1.29 is 32.8 Å². The molecule has 2 aliphatic carbocycles. The maximum Gasteiger partial charge on any atom is 0.270 e. The molecule has 0 aliphatic heterocycles. The van der Waals surface area contributed by atoms with Crippen molar-refractivity contribution in [2.45, 2.75) is 97.3 Å². The molecule has 68 heavy (non-hydrogen) atoms. The van der Waals surface area contributed by atoms with Crippen molar-refractivity contribution in [1.82, 2.24) is 65.7 Å². The number of nitrogens with two attached hydrogens (primary N) is 1. The molecule has 0 atom stereocenters. The lowest BCUT2D eigenvalue weighted by Crippen LogP contribution is -2.39. The van der Waals surface area contributed by atoms with Crippen LogP contribution in [0, 0.1) is 37.3 Å². The molecule has 8 rings (SSSR count). The van der Waals surface area contributed by atoms with Gasteiger partial charge in [-0.15, -0.1) is 12.4 Å². The molecule has 19 nitrogen and oxygen atoms in total. The average molecular weight is 957 g/mol. The molecule has 0 saturated heterocycles. The Morgan fingerprint density at radius 1 is 0.618 bits per heavy atom. The SMILES string of the molecule is CC(=O)NC1CCC(CNC(=O)c2cc(C(=O)NCc3ccc(F)c(C)c3)nc3ncnn23)CC1.Cc1cc(CNC(=O)c2cc(C(=O)NCC3CCC(N)CC3)n3ncnc3n2)ccc1F.Cl. The van der Waals surface area contributed by atoms with Crippen LogP contribution >= 0.6 is 12.4 Å². The molecule has 2 aliphatic rings. The molecule has 2 aromatic carbocycles. The molecular formula is C46H55ClF2N14O5. The molecule has 22 heteroatoms. The van der Waals surface area contributed by atoms with Gasteiger partial charge in [0, 0.05) is 57.3 Å². The summed E-state index contributed by atoms with van der Waals surface area (Å²) in [7, 11) is 0. The second-order valence-electron chi connectivity index (χ2n) is 17.1. The molecule has 360 valence electrons. The van der Waals surface area contributed by atoms with E-state index in [1.54, 1.807) is 38.1 Å². The van der Waals surface area contributed by atoms with E-state index in [9.17, 15) is 32.8 Å². The number of carbonyl (C=O) groups excluding carboxylic acids is 5. The number of hydrogen-bond acceptors (Lipinski definition) is 12. The lowest BCUT2D eigenvalue weighted by Gasteiger charge is -2.28. The first-order valence-corrected chi connectivity index (χ1v) is 22.3. The van der Waals surface area contributed by atoms with Gasteiger partial charge in [-0.2, -0.15) is 29.2 Å². The van der Waals surface area contributed by atoms with Crippen LogP contribution in [0.1, 0.15) is 122 Å². The van der Waals surface area contributed by atoms with E-state index in [-0.39, 0.29) is 101 Å². The zero-order chi connectivity index (χ0) is 47.6. The normalized spacial score (nSPS) is 17.8. The standard InChI is InChI=1S/C24H28FN7O3.C22H26FN7O2.ClH/c1-14-9-17(5-8-19(14)25)12-26-22(34)20-10-21(32-24(31-20)28-13-29-32)23(35)27-11-16-3-6-18(7-4-16)30-15(2)33;1-13-8-15(4-7-17(13)23)11-25-20(31)18-9-19(30-22(29-18)27-12-28-30)21(32)26-10-14-2-5-16(24)6-3-14;/h5,8-10,13,16,18H,3-4,6-7,11-12H2,1-2H3,(H,26,34)(H,27,35)(H,30,33);4,7-9,12,14,16H,2-3,5-6,10-11,24H2,1H3,(H,25,31)(H,26,32);1H. The summed E-state index contributed by atoms with van der Waals surface area (Å²) in [6.07, 6.45) is 9.98. The number of halogens is 3. The van der Waals surface area contributed by atoms with Crippen molar-refractivity contribution in [3.8, 4) is 0 Å². The predicted molar refractivity (Wildman–Crippen MR) is 248 cm³/mol. The van der Waals surface area contributed by atoms with Gasteiger partial charge in [-0.05, 0) is 111 Å². The Bertz CT molecular complexity index is 2770. The Kier molecular flexibility index (Phi) is 17.2. The third kappa shape index (κ3) is 13.1. The summed E-state index contributed by atoms with van der Waals surface area (Å²) in [5.41, 5.74) is 8.86. The largest absolute Gasteiger partial charge is 0.354 e. The van der Waals surface area contributed by atoms with E-state index in [0.717, 1.165) is 62.5 Å². The summed E-state index contributed by atoms with van der Waals surface area (Å²) < 4.78 is 29.5. The first kappa shape index (κ1) is 50.4. The Hall–Kier alpha value is -7.00. The number of rotatable bonds is 13. The van der Waals surface area contributed by atoms with E-state index < -0.39 is 11.8 Å². The fourth-order valence-electron chi connectivity index (χ4n) is 8.21. The summed E-state index contributed by atoms with van der Waals surface area (Å²) in [4.78, 5) is 79.0. The van der Waals surface area contributed by atoms with Crippen LogP contribution < -0.4 is 32.3 Å². The van der Waals surface area contributed by atoms with Gasteiger partial charge in [-0.3, -0.25) is 24.0 Å². The van der Waals surface area contributed by atoms with Gasteiger partial charge in [0.25, 0.3) is 35.2 Å². The zero-order valence-electron chi connectivity index (χ0n) is 37.9. The number of nitrogens with zero attached hydrogens (tertiary/aromatic N) is 8. The van der Waals surface area contributed by atoms with Crippen LogP contribution in [0.3, 0.4) is 0 Å². The number of hydrogen-bond donors (Lipinski definition) is 6. The molecule has 4 heterocycles. The van der Waals surface area contributed by atoms with Crippen molar-refractivity contribution >= 4 is 53.5 Å². The second kappa shape index (κ2) is 23.1. The van der Waals surface area contributed by atoms with Crippen LogP contribution in [0.2, 0.25) is 0 Å². The highest BCUT2D eigenvalue weighted by atomic mass is 35.5. The van der Waals surface area contributed by atoms with E-state index in [2.05, 4.69) is 56.7 Å². The summed E-state index contributed by atoms with van der Waals surface area (Å²) in [6.45, 7) is 6.23. The number of aryl methyl sites for hydroxylation is 2. The first-order chi connectivity index (χ1) is 32.2. The van der Waals surface area contributed by atoms with Crippen LogP contribution in [0.15, 0.2) is 61.2 Å². The summed E-state index contributed by atoms with van der Waals surface area (Å²) in [5.74, 6) is -1.33. The van der Waals surface area contributed by atoms with Gasteiger partial charge in [0.2, 0.25) is 5.91 Å². The molecule has 0 bridgehead atoms. The van der Waals surface area contributed by atoms with E-state index in [0.29, 0.717) is 36.1 Å². The third-order valence-electron chi connectivity index (χ3n) is 12.0. The number of aromatic nitrogens is 8. The maximum atomic E-state index is 13.5. The van der Waals surface area contributed by atoms with Crippen molar-refractivity contribution in [2.75, 3.05) is 13.1 Å². The number of benzene rings is 2. The molecule has 2 saturated carbocycles. The highest BCUT2D eigenvalue weighted by Gasteiger charge is 2.25. The molecule has 0 spiro atoms. The maximum absolute atomic E-state index is 13.5. The highest BCUT2D eigenvalue weighted by molar-refractivity contribution is 5.99. The quantitative estimate of drug-likeness (QED) is 0.0957. The van der Waals surface area contributed by atoms with Crippen LogP contribution in [0.5, 0.6) is 0 Å². The van der Waals surface area contributed by atoms with Gasteiger partial charge in [0.1, 0.15) is 47.1 Å². The molecule has 0 radical (unpaired) electrons. The van der Waals surface area contributed by atoms with Crippen molar-refractivity contribution in [2.24, 2.45) is 17.6 Å². The fraction of sp³-hybridized carbons (Fsp3) is 0.413. The second-order valence-corrected chi connectivity index (χ2v) is 17.1. The lowest BCUT2D eigenvalue weighted by molar-refractivity contribution is -0.119. The number of carbonyl (C=O) groups is 5. The summed E-state index contributed by atoms with van der Waals surface area (Å²) in [5, 5.41) is 22.4. The van der Waals surface area contributed by atoms with Gasteiger partial charge >= 0.3 is 0 Å². The van der Waals surface area contributed by atoms with E-state index in [1.807, 2.05) is 0 Å². The van der Waals surface area contributed by atoms with Crippen LogP contribution in [0.4, 0.5) is 8.78 Å². The number of nitrogens with one attached hydrogen (secondary N) is 5. The lowest BCUT2D eigenvalue weighted by atomic mass is 9.86. The van der Waals surface area contributed by atoms with E-state index in [4.69, 9.17) is 5.73 Å². The minimum absolute atomic E-state index is 0. The molecule has 7 N–H and O–H groups in total. The Morgan fingerprint density at radius 2 is 1.04 bits per heavy atom.